The Morgan fingerprint density at radius 3 is 2.67 bits per heavy atom. The van der Waals surface area contributed by atoms with Crippen LogP contribution in [-0.2, 0) is 6.42 Å². The van der Waals surface area contributed by atoms with Gasteiger partial charge in [-0.3, -0.25) is 0 Å². The summed E-state index contributed by atoms with van der Waals surface area (Å²) in [6.45, 7) is 5.27. The van der Waals surface area contributed by atoms with Crippen molar-refractivity contribution in [3.05, 3.63) is 40.2 Å². The van der Waals surface area contributed by atoms with Crippen molar-refractivity contribution in [3.8, 4) is 0 Å². The molecule has 1 aromatic carbocycles. The van der Waals surface area contributed by atoms with E-state index in [9.17, 15) is 0 Å². The van der Waals surface area contributed by atoms with E-state index >= 15 is 0 Å². The third-order valence-electron chi connectivity index (χ3n) is 2.32. The predicted octanol–water partition coefficient (Wildman–Crippen LogP) is 2.85. The van der Waals surface area contributed by atoms with Crippen LogP contribution in [0.4, 0.5) is 0 Å². The van der Waals surface area contributed by atoms with Gasteiger partial charge in [0.25, 0.3) is 0 Å². The van der Waals surface area contributed by atoms with E-state index < -0.39 is 0 Å². The lowest BCUT2D eigenvalue weighted by atomic mass is 10.0. The Bertz CT molecular complexity index is 253. The predicted molar refractivity (Wildman–Crippen MR) is 53.8 cm³/mol. The van der Waals surface area contributed by atoms with Gasteiger partial charge in [-0.1, -0.05) is 18.2 Å². The number of hydrogen-bond donors (Lipinski definition) is 0. The fourth-order valence-corrected chi connectivity index (χ4v) is 1.31. The number of hydrogen-bond acceptors (Lipinski definition) is 0. The number of nitrogens with zero attached hydrogens (tertiary/aromatic N) is 1. The first-order chi connectivity index (χ1) is 5.75. The molecule has 0 saturated heterocycles. The smallest absolute Gasteiger partial charge is 0.0392 e. The molecule has 0 aromatic heterocycles. The van der Waals surface area contributed by atoms with E-state index in [-0.39, 0.29) is 0 Å². The van der Waals surface area contributed by atoms with Gasteiger partial charge < -0.3 is 5.32 Å². The molecule has 0 radical (unpaired) electrons. The highest BCUT2D eigenvalue weighted by Gasteiger charge is 1.96. The minimum atomic E-state index is 0.935. The Morgan fingerprint density at radius 1 is 1.25 bits per heavy atom. The first-order valence-corrected chi connectivity index (χ1v) is 4.36. The summed E-state index contributed by atoms with van der Waals surface area (Å²) in [5, 5.41) is 4.10. The van der Waals surface area contributed by atoms with Crippen LogP contribution in [-0.4, -0.2) is 13.6 Å². The second-order valence-electron chi connectivity index (χ2n) is 3.15. The van der Waals surface area contributed by atoms with E-state index in [1.165, 1.54) is 16.7 Å². The number of benzene rings is 1. The van der Waals surface area contributed by atoms with Crippen molar-refractivity contribution in [2.45, 2.75) is 20.3 Å². The van der Waals surface area contributed by atoms with E-state index in [0.717, 1.165) is 13.0 Å². The van der Waals surface area contributed by atoms with Gasteiger partial charge in [-0.15, -0.1) is 6.54 Å². The van der Waals surface area contributed by atoms with Gasteiger partial charge in [-0.05, 0) is 37.0 Å². The van der Waals surface area contributed by atoms with Gasteiger partial charge in [0, 0.05) is 0 Å². The van der Waals surface area contributed by atoms with Crippen LogP contribution >= 0.6 is 0 Å². The lowest BCUT2D eigenvalue weighted by Crippen LogP contribution is -1.95. The fraction of sp³-hybridized carbons (Fsp3) is 0.455. The standard InChI is InChI=1S/C11H16N/c1-9-5-4-6-11(10(9)2)7-8-12-3/h4-6H,7-8H2,1-3H3/q-1. The van der Waals surface area contributed by atoms with Gasteiger partial charge in [0.15, 0.2) is 0 Å². The summed E-state index contributed by atoms with van der Waals surface area (Å²) in [6.07, 6.45) is 1.07. The average Bonchev–Trinajstić information content (AvgIpc) is 2.08. The number of aryl methyl sites for hydroxylation is 1. The summed E-state index contributed by atoms with van der Waals surface area (Å²) < 4.78 is 0. The van der Waals surface area contributed by atoms with E-state index in [1.54, 1.807) is 0 Å². The molecule has 0 unspecified atom stereocenters. The molecule has 1 rings (SSSR count). The Labute approximate surface area is 74.8 Å². The van der Waals surface area contributed by atoms with E-state index in [4.69, 9.17) is 0 Å². The molecule has 0 spiro atoms. The molecule has 0 atom stereocenters. The van der Waals surface area contributed by atoms with Crippen molar-refractivity contribution in [2.75, 3.05) is 13.6 Å². The van der Waals surface area contributed by atoms with E-state index in [0.29, 0.717) is 0 Å². The van der Waals surface area contributed by atoms with Crippen molar-refractivity contribution < 1.29 is 0 Å². The summed E-state index contributed by atoms with van der Waals surface area (Å²) in [5.74, 6) is 0. The molecule has 0 amide bonds. The molecule has 0 aliphatic heterocycles. The first-order valence-electron chi connectivity index (χ1n) is 4.36. The Morgan fingerprint density at radius 2 is 2.00 bits per heavy atom. The summed E-state index contributed by atoms with van der Waals surface area (Å²) in [6, 6.07) is 6.46. The summed E-state index contributed by atoms with van der Waals surface area (Å²) in [4.78, 5) is 0. The molecule has 0 bridgehead atoms. The fourth-order valence-electron chi connectivity index (χ4n) is 1.31. The molecule has 0 saturated carbocycles. The second-order valence-corrected chi connectivity index (χ2v) is 3.15. The summed E-state index contributed by atoms with van der Waals surface area (Å²) in [5.41, 5.74) is 4.23. The highest BCUT2D eigenvalue weighted by atomic mass is 14.8. The van der Waals surface area contributed by atoms with Crippen LogP contribution in [0.1, 0.15) is 16.7 Å². The third kappa shape index (κ3) is 2.08. The van der Waals surface area contributed by atoms with Gasteiger partial charge in [0.1, 0.15) is 0 Å². The van der Waals surface area contributed by atoms with Crippen molar-refractivity contribution in [1.82, 2.24) is 0 Å². The van der Waals surface area contributed by atoms with Crippen LogP contribution in [0.15, 0.2) is 18.2 Å². The summed E-state index contributed by atoms with van der Waals surface area (Å²) >= 11 is 0. The molecular weight excluding hydrogens is 146 g/mol. The van der Waals surface area contributed by atoms with Gasteiger partial charge in [0.2, 0.25) is 0 Å². The van der Waals surface area contributed by atoms with Crippen molar-refractivity contribution >= 4 is 0 Å². The maximum Gasteiger partial charge on any atom is -0.0392 e. The molecule has 12 heavy (non-hydrogen) atoms. The first kappa shape index (κ1) is 9.27. The maximum absolute atomic E-state index is 4.10. The molecule has 66 valence electrons. The van der Waals surface area contributed by atoms with Crippen molar-refractivity contribution in [1.29, 1.82) is 0 Å². The lowest BCUT2D eigenvalue weighted by Gasteiger charge is -2.13. The minimum Gasteiger partial charge on any atom is -0.665 e. The van der Waals surface area contributed by atoms with Gasteiger partial charge in [-0.2, -0.15) is 7.05 Å². The van der Waals surface area contributed by atoms with Gasteiger partial charge in [0.05, 0.1) is 0 Å². The Hall–Kier alpha value is -0.820. The third-order valence-corrected chi connectivity index (χ3v) is 2.32. The highest BCUT2D eigenvalue weighted by molar-refractivity contribution is 5.33. The van der Waals surface area contributed by atoms with Crippen LogP contribution in [0, 0.1) is 13.8 Å². The van der Waals surface area contributed by atoms with E-state index in [2.05, 4.69) is 37.4 Å². The molecule has 0 aliphatic rings. The van der Waals surface area contributed by atoms with Crippen molar-refractivity contribution in [2.24, 2.45) is 0 Å². The SMILES string of the molecule is C[N-]CCc1cccc(C)c1C. The zero-order valence-corrected chi connectivity index (χ0v) is 8.09. The van der Waals surface area contributed by atoms with Crippen LogP contribution < -0.4 is 0 Å². The largest absolute Gasteiger partial charge is 0.665 e. The molecule has 1 aromatic rings. The van der Waals surface area contributed by atoms with Crippen LogP contribution in [0.5, 0.6) is 0 Å². The normalized spacial score (nSPS) is 10.2. The zero-order valence-electron chi connectivity index (χ0n) is 8.09. The molecule has 1 nitrogen and oxygen atoms in total. The Balaban J connectivity index is 2.78. The van der Waals surface area contributed by atoms with Crippen LogP contribution in [0.2, 0.25) is 0 Å². The van der Waals surface area contributed by atoms with E-state index in [1.807, 2.05) is 7.05 Å². The number of likely N-dealkylation sites (N-methyl/N-ethyl adjacent to an activating group) is 1. The topological polar surface area (TPSA) is 14.1 Å². The molecule has 0 fully saturated rings. The molecule has 0 aliphatic carbocycles. The van der Waals surface area contributed by atoms with Crippen LogP contribution in [0.25, 0.3) is 5.32 Å². The summed E-state index contributed by atoms with van der Waals surface area (Å²) in [7, 11) is 1.87. The minimum absolute atomic E-state index is 0.935. The van der Waals surface area contributed by atoms with Gasteiger partial charge in [-0.25, -0.2) is 0 Å². The monoisotopic (exact) mass is 162 g/mol. The molecule has 0 N–H and O–H groups in total. The number of rotatable bonds is 3. The van der Waals surface area contributed by atoms with Crippen LogP contribution in [0.3, 0.4) is 0 Å². The quantitative estimate of drug-likeness (QED) is 0.649. The molecule has 1 heteroatoms. The van der Waals surface area contributed by atoms with Crippen molar-refractivity contribution in [3.63, 3.8) is 0 Å². The molecular formula is C11H16N-. The molecule has 0 heterocycles. The second kappa shape index (κ2) is 4.27. The van der Waals surface area contributed by atoms with Gasteiger partial charge >= 0.3 is 0 Å². The highest BCUT2D eigenvalue weighted by Crippen LogP contribution is 2.13. The zero-order chi connectivity index (χ0) is 8.97. The maximum atomic E-state index is 4.10. The Kier molecular flexibility index (Phi) is 3.30. The lowest BCUT2D eigenvalue weighted by molar-refractivity contribution is 1.02. The average molecular weight is 162 g/mol.